The van der Waals surface area contributed by atoms with Crippen LogP contribution in [0.3, 0.4) is 0 Å². The largest absolute Gasteiger partial charge is 0.0998 e. The molecular weight excluding hydrogens is 156 g/mol. The number of fused-ring (bicyclic) bond motifs is 1. The third-order valence-corrected chi connectivity index (χ3v) is 4.00. The van der Waals surface area contributed by atoms with Gasteiger partial charge in [0.1, 0.15) is 0 Å². The summed E-state index contributed by atoms with van der Waals surface area (Å²) in [6, 6.07) is 0. The Morgan fingerprint density at radius 2 is 2.23 bits per heavy atom. The van der Waals surface area contributed by atoms with Gasteiger partial charge in [-0.05, 0) is 50.9 Å². The normalized spacial score (nSPS) is 38.3. The fourth-order valence-corrected chi connectivity index (χ4v) is 3.24. The smallest absolute Gasteiger partial charge is 0.0140 e. The maximum atomic E-state index is 4.13. The molecule has 0 heteroatoms. The number of hydrogen-bond donors (Lipinski definition) is 0. The minimum absolute atomic E-state index is 0.788. The zero-order chi connectivity index (χ0) is 9.42. The molecule has 0 N–H and O–H groups in total. The summed E-state index contributed by atoms with van der Waals surface area (Å²) in [5, 5.41) is 0. The molecule has 0 heterocycles. The van der Waals surface area contributed by atoms with E-state index in [1.807, 2.05) is 0 Å². The molecule has 0 spiro atoms. The van der Waals surface area contributed by atoms with E-state index in [9.17, 15) is 0 Å². The van der Waals surface area contributed by atoms with Crippen LogP contribution in [0.4, 0.5) is 0 Å². The highest BCUT2D eigenvalue weighted by atomic mass is 14.4. The average molecular weight is 176 g/mol. The molecule has 0 aromatic heterocycles. The van der Waals surface area contributed by atoms with Crippen LogP contribution in [0.25, 0.3) is 0 Å². The van der Waals surface area contributed by atoms with E-state index in [-0.39, 0.29) is 0 Å². The van der Waals surface area contributed by atoms with E-state index >= 15 is 0 Å². The van der Waals surface area contributed by atoms with Gasteiger partial charge in [0.15, 0.2) is 0 Å². The topological polar surface area (TPSA) is 0 Å². The first-order chi connectivity index (χ1) is 6.20. The molecule has 0 aromatic rings. The van der Waals surface area contributed by atoms with Gasteiger partial charge in [-0.1, -0.05) is 30.2 Å². The van der Waals surface area contributed by atoms with Crippen LogP contribution in [0, 0.1) is 17.8 Å². The average Bonchev–Trinajstić information content (AvgIpc) is 2.53. The van der Waals surface area contributed by atoms with Crippen molar-refractivity contribution in [3.05, 3.63) is 23.8 Å². The molecule has 0 unspecified atom stereocenters. The molecule has 0 aromatic carbocycles. The Kier molecular flexibility index (Phi) is 2.31. The van der Waals surface area contributed by atoms with E-state index in [1.165, 1.54) is 31.3 Å². The first kappa shape index (κ1) is 9.05. The van der Waals surface area contributed by atoms with Crippen LogP contribution in [-0.4, -0.2) is 0 Å². The molecule has 0 saturated heterocycles. The molecule has 0 radical (unpaired) electrons. The molecule has 72 valence electrons. The summed E-state index contributed by atoms with van der Waals surface area (Å²) < 4.78 is 0. The summed E-state index contributed by atoms with van der Waals surface area (Å²) in [6.07, 6.45) is 8.00. The Hall–Kier alpha value is -0.520. The Morgan fingerprint density at radius 1 is 1.46 bits per heavy atom. The van der Waals surface area contributed by atoms with Gasteiger partial charge in [0.2, 0.25) is 0 Å². The standard InChI is InChI=1S/C13H20/c1-9(2)11-8-7-10(3)12-5-4-6-13(11)12/h7,11-13H,1,4-6,8H2,2-3H3/t11-,12-,13-/m0/s1. The summed E-state index contributed by atoms with van der Waals surface area (Å²) in [5.74, 6) is 2.62. The number of rotatable bonds is 1. The van der Waals surface area contributed by atoms with Crippen molar-refractivity contribution >= 4 is 0 Å². The number of allylic oxidation sites excluding steroid dienone is 3. The molecule has 13 heavy (non-hydrogen) atoms. The lowest BCUT2D eigenvalue weighted by Crippen LogP contribution is -2.24. The molecule has 2 rings (SSSR count). The van der Waals surface area contributed by atoms with Gasteiger partial charge < -0.3 is 0 Å². The Morgan fingerprint density at radius 3 is 2.92 bits per heavy atom. The van der Waals surface area contributed by atoms with Crippen LogP contribution in [0.15, 0.2) is 23.8 Å². The molecule has 1 saturated carbocycles. The first-order valence-electron chi connectivity index (χ1n) is 5.52. The van der Waals surface area contributed by atoms with Gasteiger partial charge in [0.05, 0.1) is 0 Å². The van der Waals surface area contributed by atoms with Gasteiger partial charge in [-0.25, -0.2) is 0 Å². The van der Waals surface area contributed by atoms with Crippen molar-refractivity contribution in [2.75, 3.05) is 0 Å². The highest BCUT2D eigenvalue weighted by Gasteiger charge is 2.36. The van der Waals surface area contributed by atoms with E-state index in [4.69, 9.17) is 0 Å². The predicted octanol–water partition coefficient (Wildman–Crippen LogP) is 3.95. The molecule has 0 amide bonds. The molecule has 2 aliphatic rings. The molecular formula is C13H20. The van der Waals surface area contributed by atoms with Gasteiger partial charge in [-0.2, -0.15) is 0 Å². The van der Waals surface area contributed by atoms with E-state index < -0.39 is 0 Å². The van der Waals surface area contributed by atoms with E-state index in [2.05, 4.69) is 26.5 Å². The summed E-state index contributed by atoms with van der Waals surface area (Å²) in [6.45, 7) is 8.66. The zero-order valence-electron chi connectivity index (χ0n) is 8.84. The van der Waals surface area contributed by atoms with Crippen molar-refractivity contribution in [3.63, 3.8) is 0 Å². The second kappa shape index (κ2) is 3.32. The van der Waals surface area contributed by atoms with Crippen LogP contribution in [-0.2, 0) is 0 Å². The van der Waals surface area contributed by atoms with Crippen molar-refractivity contribution in [2.24, 2.45) is 17.8 Å². The molecule has 0 aliphatic heterocycles. The summed E-state index contributed by atoms with van der Waals surface area (Å²) >= 11 is 0. The van der Waals surface area contributed by atoms with Gasteiger partial charge in [0.25, 0.3) is 0 Å². The van der Waals surface area contributed by atoms with Crippen LogP contribution in [0.2, 0.25) is 0 Å². The maximum absolute atomic E-state index is 4.13. The van der Waals surface area contributed by atoms with Crippen molar-refractivity contribution in [3.8, 4) is 0 Å². The minimum Gasteiger partial charge on any atom is -0.0998 e. The summed E-state index contributed by atoms with van der Waals surface area (Å²) in [4.78, 5) is 0. The lowest BCUT2D eigenvalue weighted by molar-refractivity contribution is 0.306. The highest BCUT2D eigenvalue weighted by molar-refractivity contribution is 5.18. The van der Waals surface area contributed by atoms with Crippen LogP contribution < -0.4 is 0 Å². The third-order valence-electron chi connectivity index (χ3n) is 4.00. The third kappa shape index (κ3) is 1.47. The molecule has 3 atom stereocenters. The second-order valence-corrected chi connectivity index (χ2v) is 4.84. The Balaban J connectivity index is 2.22. The molecule has 0 nitrogen and oxygen atoms in total. The van der Waals surface area contributed by atoms with Gasteiger partial charge in [-0.3, -0.25) is 0 Å². The second-order valence-electron chi connectivity index (χ2n) is 4.84. The van der Waals surface area contributed by atoms with Gasteiger partial charge >= 0.3 is 0 Å². The van der Waals surface area contributed by atoms with Crippen LogP contribution in [0.5, 0.6) is 0 Å². The fourth-order valence-electron chi connectivity index (χ4n) is 3.24. The van der Waals surface area contributed by atoms with Crippen LogP contribution in [0.1, 0.15) is 39.5 Å². The van der Waals surface area contributed by atoms with E-state index in [0.717, 1.165) is 17.8 Å². The van der Waals surface area contributed by atoms with Gasteiger partial charge in [0, 0.05) is 0 Å². The maximum Gasteiger partial charge on any atom is -0.0140 e. The SMILES string of the molecule is C=C(C)[C@@H]1CC=C(C)[C@@H]2CCC[C@@H]12. The van der Waals surface area contributed by atoms with Crippen molar-refractivity contribution in [1.29, 1.82) is 0 Å². The zero-order valence-corrected chi connectivity index (χ0v) is 8.84. The fraction of sp³-hybridized carbons (Fsp3) is 0.692. The van der Waals surface area contributed by atoms with E-state index in [0.29, 0.717) is 0 Å². The predicted molar refractivity (Wildman–Crippen MR) is 57.5 cm³/mol. The first-order valence-corrected chi connectivity index (χ1v) is 5.52. The summed E-state index contributed by atoms with van der Waals surface area (Å²) in [7, 11) is 0. The van der Waals surface area contributed by atoms with Crippen molar-refractivity contribution in [1.82, 2.24) is 0 Å². The lowest BCUT2D eigenvalue weighted by atomic mass is 9.72. The lowest BCUT2D eigenvalue weighted by Gasteiger charge is -2.33. The summed E-state index contributed by atoms with van der Waals surface area (Å²) in [5.41, 5.74) is 3.06. The quantitative estimate of drug-likeness (QED) is 0.531. The Labute approximate surface area is 81.7 Å². The van der Waals surface area contributed by atoms with Crippen molar-refractivity contribution < 1.29 is 0 Å². The molecule has 2 aliphatic carbocycles. The minimum atomic E-state index is 0.788. The molecule has 0 bridgehead atoms. The van der Waals surface area contributed by atoms with Crippen molar-refractivity contribution in [2.45, 2.75) is 39.5 Å². The van der Waals surface area contributed by atoms with Gasteiger partial charge in [-0.15, -0.1) is 0 Å². The highest BCUT2D eigenvalue weighted by Crippen LogP contribution is 2.47. The Bertz CT molecular complexity index is 247. The van der Waals surface area contributed by atoms with Crippen LogP contribution >= 0.6 is 0 Å². The number of hydrogen-bond acceptors (Lipinski definition) is 0. The molecule has 1 fully saturated rings. The van der Waals surface area contributed by atoms with E-state index in [1.54, 1.807) is 5.57 Å². The monoisotopic (exact) mass is 176 g/mol.